The van der Waals surface area contributed by atoms with E-state index in [-0.39, 0.29) is 88.7 Å². The molecule has 18 heteroatoms. The van der Waals surface area contributed by atoms with Crippen LogP contribution in [-0.4, -0.2) is 29.4 Å². The van der Waals surface area contributed by atoms with Gasteiger partial charge in [0, 0.05) is 0 Å². The molecule has 0 rings (SSSR count). The van der Waals surface area contributed by atoms with Gasteiger partial charge in [0.2, 0.25) is 0 Å². The van der Waals surface area contributed by atoms with Gasteiger partial charge < -0.3 is 48.6 Å². The zero-order valence-electron chi connectivity index (χ0n) is 9.47. The van der Waals surface area contributed by atoms with Crippen molar-refractivity contribution in [1.29, 1.82) is 0 Å². The number of hydrogen-bond donors (Lipinski definition) is 6. The van der Waals surface area contributed by atoms with Crippen molar-refractivity contribution in [3.63, 3.8) is 0 Å². The quantitative estimate of drug-likeness (QED) is 0.174. The van der Waals surface area contributed by atoms with E-state index < -0.39 is 23.5 Å². The van der Waals surface area contributed by atoms with Crippen molar-refractivity contribution >= 4 is 23.5 Å². The van der Waals surface area contributed by atoms with Gasteiger partial charge in [-0.2, -0.15) is 7.82 Å². The minimum absolute atomic E-state index is 0. The molecule has 6 N–H and O–H groups in total. The Morgan fingerprint density at radius 1 is 0.556 bits per heavy atom. The summed E-state index contributed by atoms with van der Waals surface area (Å²) in [5, 5.41) is 0. The van der Waals surface area contributed by atoms with Crippen molar-refractivity contribution in [2.75, 3.05) is 0 Å². The minimum atomic E-state index is -5.39. The topological polar surface area (TPSA) is 242 Å². The van der Waals surface area contributed by atoms with Crippen molar-refractivity contribution in [3.05, 3.63) is 0 Å². The largest absolute Gasteiger partial charge is 1.00 e. The van der Waals surface area contributed by atoms with Crippen LogP contribution in [0.1, 0.15) is 0 Å². The summed E-state index contributed by atoms with van der Waals surface area (Å²) in [7, 11) is -14.7. The van der Waals surface area contributed by atoms with E-state index >= 15 is 0 Å². The predicted molar refractivity (Wildman–Crippen MR) is 36.1 cm³/mol. The first-order chi connectivity index (χ1) is 6.00. The second-order valence-electron chi connectivity index (χ2n) is 1.47. The second-order valence-corrected chi connectivity index (χ2v) is 4.42. The van der Waals surface area contributed by atoms with Crippen molar-refractivity contribution in [2.45, 2.75) is 0 Å². The first kappa shape index (κ1) is 37.5. The molecule has 0 aromatic carbocycles. The van der Waals surface area contributed by atoms with Gasteiger partial charge >= 0.3 is 104 Å². The van der Waals surface area contributed by atoms with Gasteiger partial charge in [0.15, 0.2) is 0 Å². The smallest absolute Gasteiger partial charge is 0.822 e. The summed E-state index contributed by atoms with van der Waals surface area (Å²) in [5.74, 6) is 0. The molecule has 0 saturated carbocycles. The molecule has 0 atom stereocenters. The first-order valence-electron chi connectivity index (χ1n) is 2.30. The summed E-state index contributed by atoms with van der Waals surface area (Å²) in [6.07, 6.45) is 0. The fraction of sp³-hybridized carbons (Fsp3) is 0. The van der Waals surface area contributed by atoms with E-state index in [1.54, 1.807) is 0 Å². The van der Waals surface area contributed by atoms with Crippen molar-refractivity contribution < 1.29 is 146 Å². The predicted octanol–water partition coefficient (Wildman–Crippen LogP) is -13.7. The molecule has 12 nitrogen and oxygen atoms in total. The summed E-state index contributed by atoms with van der Waals surface area (Å²) in [5.41, 5.74) is 0. The average Bonchev–Trinajstić information content (AvgIpc) is 1.41. The van der Waals surface area contributed by atoms with E-state index in [0.717, 1.165) is 0 Å². The van der Waals surface area contributed by atoms with E-state index in [1.165, 1.54) is 0 Å². The van der Waals surface area contributed by atoms with E-state index in [2.05, 4.69) is 0 Å². The van der Waals surface area contributed by atoms with Crippen molar-refractivity contribution in [3.8, 4) is 0 Å². The summed E-state index contributed by atoms with van der Waals surface area (Å²) in [4.78, 5) is 68.8. The van der Waals surface area contributed by atoms with E-state index in [0.29, 0.717) is 0 Å². The monoisotopic (exact) mass is 360 g/mol. The SMILES string of the molecule is O=P(O)(O)O.O=P(O)(O)O.O=P([O-])([O-])[O-].[Na+].[Na+].[Na+]. The molecule has 18 heavy (non-hydrogen) atoms. The third-order valence-corrected chi connectivity index (χ3v) is 0. The third kappa shape index (κ3) is 586. The maximum Gasteiger partial charge on any atom is 1.00 e. The number of rotatable bonds is 0. The molecule has 0 aromatic rings. The molecule has 0 unspecified atom stereocenters. The molecule has 0 amide bonds. The summed E-state index contributed by atoms with van der Waals surface area (Å²) < 4.78 is 26.3. The van der Waals surface area contributed by atoms with Crippen LogP contribution in [0, 0.1) is 0 Å². The Hall–Kier alpha value is 3.33. The van der Waals surface area contributed by atoms with Crippen LogP contribution in [0.5, 0.6) is 0 Å². The van der Waals surface area contributed by atoms with Gasteiger partial charge in [-0.15, -0.1) is 0 Å². The molecule has 0 aliphatic rings. The second kappa shape index (κ2) is 16.7. The van der Waals surface area contributed by atoms with E-state index in [4.69, 9.17) is 57.7 Å². The van der Waals surface area contributed by atoms with Gasteiger partial charge in [0.1, 0.15) is 0 Å². The van der Waals surface area contributed by atoms with Crippen LogP contribution in [0.3, 0.4) is 0 Å². The first-order valence-corrected chi connectivity index (χ1v) is 6.89. The Morgan fingerprint density at radius 3 is 0.556 bits per heavy atom. The summed E-state index contributed by atoms with van der Waals surface area (Å²) in [6, 6.07) is 0. The summed E-state index contributed by atoms with van der Waals surface area (Å²) in [6.45, 7) is 0. The molecular weight excluding hydrogens is 354 g/mol. The van der Waals surface area contributed by atoms with Gasteiger partial charge in [-0.25, -0.2) is 9.13 Å². The maximum absolute atomic E-state index is 8.88. The van der Waals surface area contributed by atoms with Crippen LogP contribution in [0.4, 0.5) is 0 Å². The Bertz CT molecular complexity index is 209. The Morgan fingerprint density at radius 2 is 0.556 bits per heavy atom. The Labute approximate surface area is 167 Å². The molecule has 0 aliphatic heterocycles. The van der Waals surface area contributed by atoms with Gasteiger partial charge in [-0.05, 0) is 0 Å². The van der Waals surface area contributed by atoms with Crippen molar-refractivity contribution in [2.24, 2.45) is 0 Å². The van der Waals surface area contributed by atoms with E-state index in [9.17, 15) is 0 Å². The minimum Gasteiger partial charge on any atom is -0.822 e. The van der Waals surface area contributed by atoms with E-state index in [1.807, 2.05) is 0 Å². The van der Waals surface area contributed by atoms with Crippen LogP contribution in [0.15, 0.2) is 0 Å². The van der Waals surface area contributed by atoms with Crippen molar-refractivity contribution in [1.82, 2.24) is 0 Å². The van der Waals surface area contributed by atoms with Crippen LogP contribution in [-0.2, 0) is 13.7 Å². The van der Waals surface area contributed by atoms with Gasteiger partial charge in [-0.1, -0.05) is 0 Å². The molecule has 0 aliphatic carbocycles. The standard InChI is InChI=1S/3Na.3H3O4P/c;;;3*1-5(2,3)4/h;;;3*(H3,1,2,3,4)/q3*+1;;;/p-3. The average molecular weight is 360 g/mol. The molecule has 0 bridgehead atoms. The van der Waals surface area contributed by atoms with Crippen LogP contribution in [0.25, 0.3) is 0 Å². The van der Waals surface area contributed by atoms with Gasteiger partial charge in [0.05, 0.1) is 0 Å². The molecule has 0 fully saturated rings. The fourth-order valence-electron chi connectivity index (χ4n) is 0. The van der Waals surface area contributed by atoms with Crippen LogP contribution < -0.4 is 103 Å². The Balaban J connectivity index is -0.0000000277. The summed E-state index contributed by atoms with van der Waals surface area (Å²) >= 11 is 0. The van der Waals surface area contributed by atoms with Gasteiger partial charge in [0.25, 0.3) is 0 Å². The zero-order valence-corrected chi connectivity index (χ0v) is 18.2. The maximum atomic E-state index is 8.88. The van der Waals surface area contributed by atoms with Gasteiger partial charge in [-0.3, -0.25) is 0 Å². The van der Waals surface area contributed by atoms with Crippen LogP contribution in [0.2, 0.25) is 0 Å². The third-order valence-electron chi connectivity index (χ3n) is 0. The Kier molecular flexibility index (Phi) is 34.8. The van der Waals surface area contributed by atoms with Crippen LogP contribution >= 0.6 is 23.5 Å². The molecule has 96 valence electrons. The number of hydrogen-bond acceptors (Lipinski definition) is 6. The molecular formula is H6Na3O12P3. The molecule has 0 saturated heterocycles. The fourth-order valence-corrected chi connectivity index (χ4v) is 0. The molecule has 0 spiro atoms. The normalized spacial score (nSPS) is 9.83. The molecule has 0 radical (unpaired) electrons. The zero-order chi connectivity index (χ0) is 13.5. The molecule has 0 heterocycles. The number of phosphoric acid groups is 3. The molecule has 0 aromatic heterocycles.